The smallest absolute Gasteiger partial charge is 0.310 e. The van der Waals surface area contributed by atoms with E-state index in [0.29, 0.717) is 6.54 Å². The number of esters is 1. The highest BCUT2D eigenvalue weighted by molar-refractivity contribution is 5.72. The third kappa shape index (κ3) is 7.29. The Kier molecular flexibility index (Phi) is 8.42. The molecule has 5 nitrogen and oxygen atoms in total. The van der Waals surface area contributed by atoms with Crippen LogP contribution in [-0.2, 0) is 16.0 Å². The molecule has 0 aliphatic heterocycles. The van der Waals surface area contributed by atoms with Gasteiger partial charge in [-0.1, -0.05) is 30.3 Å². The van der Waals surface area contributed by atoms with Crippen molar-refractivity contribution in [1.82, 2.24) is 4.90 Å². The van der Waals surface area contributed by atoms with Gasteiger partial charge in [0, 0.05) is 6.04 Å². The number of rotatable bonds is 8. The summed E-state index contributed by atoms with van der Waals surface area (Å²) in [4.78, 5) is 13.8. The minimum Gasteiger partial charge on any atom is -0.464 e. The summed E-state index contributed by atoms with van der Waals surface area (Å²) in [5.74, 6) is -0.259. The maximum atomic E-state index is 11.8. The van der Waals surface area contributed by atoms with Crippen molar-refractivity contribution in [2.45, 2.75) is 26.3 Å². The molecule has 0 radical (unpaired) electrons. The van der Waals surface area contributed by atoms with Gasteiger partial charge in [0.05, 0.1) is 13.0 Å². The van der Waals surface area contributed by atoms with Crippen molar-refractivity contribution in [2.75, 3.05) is 13.2 Å². The second-order valence-electron chi connectivity index (χ2n) is 5.36. The van der Waals surface area contributed by atoms with E-state index >= 15 is 0 Å². The van der Waals surface area contributed by atoms with Crippen molar-refractivity contribution in [3.63, 3.8) is 0 Å². The van der Waals surface area contributed by atoms with Crippen LogP contribution in [-0.4, -0.2) is 30.1 Å². The number of hydrogen-bond donors (Lipinski definition) is 0. The topological polar surface area (TPSA) is 77.1 Å². The fourth-order valence-corrected chi connectivity index (χ4v) is 1.93. The van der Waals surface area contributed by atoms with E-state index in [4.69, 9.17) is 15.3 Å². The molecule has 0 aromatic heterocycles. The molecule has 0 saturated carbocycles. The molecule has 0 spiro atoms. The third-order valence-corrected chi connectivity index (χ3v) is 3.25. The zero-order valence-electron chi connectivity index (χ0n) is 14.0. The summed E-state index contributed by atoms with van der Waals surface area (Å²) in [5.41, 5.74) is 0.970. The highest BCUT2D eigenvalue weighted by Crippen LogP contribution is 2.03. The molecule has 0 bridgehead atoms. The van der Waals surface area contributed by atoms with E-state index in [1.807, 2.05) is 49.1 Å². The number of carbonyl (C=O) groups is 1. The molecule has 0 fully saturated rings. The van der Waals surface area contributed by atoms with Gasteiger partial charge in [0.2, 0.25) is 0 Å². The van der Waals surface area contributed by atoms with Gasteiger partial charge in [0.25, 0.3) is 0 Å². The maximum absolute atomic E-state index is 11.8. The van der Waals surface area contributed by atoms with Crippen LogP contribution in [0.5, 0.6) is 0 Å². The van der Waals surface area contributed by atoms with Crippen LogP contribution in [0.25, 0.3) is 0 Å². The van der Waals surface area contributed by atoms with Crippen LogP contribution in [0.2, 0.25) is 0 Å². The average Bonchev–Trinajstić information content (AvgIpc) is 2.57. The number of carbonyl (C=O) groups excluding carboxylic acids is 1. The van der Waals surface area contributed by atoms with Gasteiger partial charge in [-0.2, -0.15) is 10.5 Å². The fourth-order valence-electron chi connectivity index (χ4n) is 1.93. The average molecular weight is 323 g/mol. The lowest BCUT2D eigenvalue weighted by Gasteiger charge is -2.24. The first-order valence-electron chi connectivity index (χ1n) is 7.70. The molecule has 0 N–H and O–H groups in total. The molecule has 0 saturated heterocycles. The first kappa shape index (κ1) is 19.0. The number of allylic oxidation sites excluding steroid dienone is 3. The second kappa shape index (κ2) is 10.6. The highest BCUT2D eigenvalue weighted by Gasteiger charge is 2.07. The molecular formula is C19H21N3O2. The molecule has 24 heavy (non-hydrogen) atoms. The number of nitriles is 2. The Morgan fingerprint density at radius 2 is 1.92 bits per heavy atom. The van der Waals surface area contributed by atoms with Crippen molar-refractivity contribution in [3.8, 4) is 12.1 Å². The molecule has 0 atom stereocenters. The molecule has 0 amide bonds. The Labute approximate surface area is 143 Å². The summed E-state index contributed by atoms with van der Waals surface area (Å²) in [6, 6.07) is 13.2. The van der Waals surface area contributed by atoms with Crippen LogP contribution in [0.1, 0.15) is 19.4 Å². The Balaban J connectivity index is 2.45. The first-order chi connectivity index (χ1) is 11.6. The number of nitrogens with zero attached hydrogens (tertiary/aromatic N) is 3. The number of hydrogen-bond acceptors (Lipinski definition) is 5. The largest absolute Gasteiger partial charge is 0.464 e. The number of benzene rings is 1. The normalized spacial score (nSPS) is 10.0. The van der Waals surface area contributed by atoms with Crippen LogP contribution < -0.4 is 0 Å². The van der Waals surface area contributed by atoms with E-state index in [1.54, 1.807) is 24.4 Å². The van der Waals surface area contributed by atoms with Gasteiger partial charge >= 0.3 is 5.97 Å². The summed E-state index contributed by atoms with van der Waals surface area (Å²) in [5, 5.41) is 17.4. The van der Waals surface area contributed by atoms with E-state index in [-0.39, 0.29) is 30.6 Å². The van der Waals surface area contributed by atoms with E-state index in [0.717, 1.165) is 5.56 Å². The third-order valence-electron chi connectivity index (χ3n) is 3.25. The summed E-state index contributed by atoms with van der Waals surface area (Å²) in [6.07, 6.45) is 5.14. The standard InChI is InChI=1S/C19H21N3O2/c1-16(2)22(10-6-9-18(14-20)15-21)11-12-24-19(23)13-17-7-4-3-5-8-17/h3-10,16H,11-13H2,1-2H3. The van der Waals surface area contributed by atoms with Gasteiger partial charge in [-0.25, -0.2) is 0 Å². The molecule has 1 rings (SSSR count). The van der Waals surface area contributed by atoms with Crippen LogP contribution in [0.4, 0.5) is 0 Å². The summed E-state index contributed by atoms with van der Waals surface area (Å²) < 4.78 is 5.26. The van der Waals surface area contributed by atoms with Gasteiger partial charge in [0.15, 0.2) is 0 Å². The maximum Gasteiger partial charge on any atom is 0.310 e. The predicted octanol–water partition coefficient (Wildman–Crippen LogP) is 2.97. The zero-order chi connectivity index (χ0) is 17.8. The van der Waals surface area contributed by atoms with Crippen molar-refractivity contribution in [1.29, 1.82) is 10.5 Å². The molecule has 0 unspecified atom stereocenters. The molecule has 0 aliphatic carbocycles. The van der Waals surface area contributed by atoms with Crippen LogP contribution in [0, 0.1) is 22.7 Å². The first-order valence-corrected chi connectivity index (χ1v) is 7.70. The van der Waals surface area contributed by atoms with Gasteiger partial charge in [-0.05, 0) is 37.8 Å². The van der Waals surface area contributed by atoms with E-state index in [2.05, 4.69) is 0 Å². The molecule has 5 heteroatoms. The lowest BCUT2D eigenvalue weighted by Crippen LogP contribution is -2.29. The lowest BCUT2D eigenvalue weighted by atomic mass is 10.2. The minimum atomic E-state index is -0.259. The predicted molar refractivity (Wildman–Crippen MR) is 91.4 cm³/mol. The van der Waals surface area contributed by atoms with E-state index in [9.17, 15) is 4.79 Å². The Hall–Kier alpha value is -3.05. The molecule has 0 aliphatic rings. The molecule has 1 aromatic rings. The molecule has 124 valence electrons. The van der Waals surface area contributed by atoms with Gasteiger partial charge < -0.3 is 9.64 Å². The van der Waals surface area contributed by atoms with Crippen molar-refractivity contribution < 1.29 is 9.53 Å². The molecule has 0 heterocycles. The molecular weight excluding hydrogens is 302 g/mol. The van der Waals surface area contributed by atoms with Gasteiger partial charge in [-0.15, -0.1) is 0 Å². The minimum absolute atomic E-state index is 0.0456. The Morgan fingerprint density at radius 3 is 2.50 bits per heavy atom. The lowest BCUT2D eigenvalue weighted by molar-refractivity contribution is -0.143. The quantitative estimate of drug-likeness (QED) is 0.417. The summed E-state index contributed by atoms with van der Waals surface area (Å²) >= 11 is 0. The van der Waals surface area contributed by atoms with Gasteiger partial charge in [0.1, 0.15) is 24.3 Å². The van der Waals surface area contributed by atoms with E-state index < -0.39 is 0 Å². The van der Waals surface area contributed by atoms with Crippen molar-refractivity contribution >= 4 is 5.97 Å². The highest BCUT2D eigenvalue weighted by atomic mass is 16.5. The van der Waals surface area contributed by atoms with Crippen molar-refractivity contribution in [3.05, 3.63) is 59.8 Å². The number of ether oxygens (including phenoxy) is 1. The summed E-state index contributed by atoms with van der Waals surface area (Å²) in [7, 11) is 0. The van der Waals surface area contributed by atoms with Crippen LogP contribution in [0.15, 0.2) is 54.3 Å². The Morgan fingerprint density at radius 1 is 1.25 bits per heavy atom. The second-order valence-corrected chi connectivity index (χ2v) is 5.36. The van der Waals surface area contributed by atoms with Gasteiger partial charge in [-0.3, -0.25) is 4.79 Å². The van der Waals surface area contributed by atoms with E-state index in [1.165, 1.54) is 6.08 Å². The fraction of sp³-hybridized carbons (Fsp3) is 0.316. The monoisotopic (exact) mass is 323 g/mol. The van der Waals surface area contributed by atoms with Crippen molar-refractivity contribution in [2.24, 2.45) is 0 Å². The van der Waals surface area contributed by atoms with Crippen LogP contribution >= 0.6 is 0 Å². The zero-order valence-corrected chi connectivity index (χ0v) is 14.0. The SMILES string of the molecule is CC(C)N(C=CC=C(C#N)C#N)CCOC(=O)Cc1ccccc1. The summed E-state index contributed by atoms with van der Waals surface area (Å²) in [6.45, 7) is 4.84. The van der Waals surface area contributed by atoms with Crippen LogP contribution in [0.3, 0.4) is 0 Å². The Bertz CT molecular complexity index is 648. The molecule has 1 aromatic carbocycles.